The molecule has 1 aliphatic rings. The van der Waals surface area contributed by atoms with Gasteiger partial charge in [-0.1, -0.05) is 38.1 Å². The molecule has 0 radical (unpaired) electrons. The molecule has 1 heterocycles. The van der Waals surface area contributed by atoms with Crippen LogP contribution in [0.2, 0.25) is 0 Å². The lowest BCUT2D eigenvalue weighted by Crippen LogP contribution is -2.47. The van der Waals surface area contributed by atoms with Gasteiger partial charge in [-0.2, -0.15) is 0 Å². The van der Waals surface area contributed by atoms with Crippen LogP contribution < -0.4 is 10.1 Å². The highest BCUT2D eigenvalue weighted by atomic mass is 16.5. The summed E-state index contributed by atoms with van der Waals surface area (Å²) < 4.78 is 5.49. The molecule has 4 heteroatoms. The molecule has 1 atom stereocenters. The van der Waals surface area contributed by atoms with E-state index in [1.807, 2.05) is 29.2 Å². The second-order valence-corrected chi connectivity index (χ2v) is 6.55. The maximum Gasteiger partial charge on any atom is 0.241 e. The molecule has 1 N–H and O–H groups in total. The van der Waals surface area contributed by atoms with Crippen LogP contribution in [0.15, 0.2) is 36.9 Å². The Morgan fingerprint density at radius 1 is 1.35 bits per heavy atom. The van der Waals surface area contributed by atoms with Crippen LogP contribution in [0.3, 0.4) is 0 Å². The molecule has 126 valence electrons. The second-order valence-electron chi connectivity index (χ2n) is 6.55. The van der Waals surface area contributed by atoms with E-state index in [9.17, 15) is 4.79 Å². The molecule has 1 aromatic carbocycles. The second kappa shape index (κ2) is 7.64. The van der Waals surface area contributed by atoms with Crippen LogP contribution in [0.25, 0.3) is 0 Å². The molecule has 1 amide bonds. The van der Waals surface area contributed by atoms with Gasteiger partial charge in [-0.25, -0.2) is 0 Å². The zero-order valence-corrected chi connectivity index (χ0v) is 14.5. The van der Waals surface area contributed by atoms with Crippen molar-refractivity contribution in [1.82, 2.24) is 10.2 Å². The Hall–Kier alpha value is -1.81. The third kappa shape index (κ3) is 4.35. The van der Waals surface area contributed by atoms with Crippen molar-refractivity contribution in [2.24, 2.45) is 0 Å². The Labute approximate surface area is 139 Å². The smallest absolute Gasteiger partial charge is 0.241 e. The van der Waals surface area contributed by atoms with E-state index in [1.165, 1.54) is 0 Å². The fourth-order valence-electron chi connectivity index (χ4n) is 2.99. The molecule has 4 nitrogen and oxygen atoms in total. The lowest BCUT2D eigenvalue weighted by atomic mass is 10.1. The van der Waals surface area contributed by atoms with E-state index in [-0.39, 0.29) is 17.6 Å². The number of hydrogen-bond donors (Lipinski definition) is 1. The topological polar surface area (TPSA) is 41.6 Å². The number of amides is 1. The van der Waals surface area contributed by atoms with Crippen molar-refractivity contribution in [2.75, 3.05) is 13.2 Å². The summed E-state index contributed by atoms with van der Waals surface area (Å²) in [6, 6.07) is 7.78. The van der Waals surface area contributed by atoms with Crippen molar-refractivity contribution in [3.63, 3.8) is 0 Å². The lowest BCUT2D eigenvalue weighted by Gasteiger charge is -2.31. The molecular weight excluding hydrogens is 288 g/mol. The lowest BCUT2D eigenvalue weighted by molar-refractivity contribution is -0.131. The molecular formula is C19H28N2O2. The third-order valence-corrected chi connectivity index (χ3v) is 4.23. The van der Waals surface area contributed by atoms with Crippen LogP contribution >= 0.6 is 0 Å². The monoisotopic (exact) mass is 316 g/mol. The Bertz CT molecular complexity index is 537. The predicted octanol–water partition coefficient (Wildman–Crippen LogP) is 3.13. The van der Waals surface area contributed by atoms with E-state index in [0.29, 0.717) is 13.0 Å². The SMILES string of the molecule is C=CCOc1ccc(C[C@@H]2NC(C)(C)N(CCCC)C2=O)cc1. The fraction of sp³-hybridized carbons (Fsp3) is 0.526. The Morgan fingerprint density at radius 2 is 2.04 bits per heavy atom. The Morgan fingerprint density at radius 3 is 2.65 bits per heavy atom. The van der Waals surface area contributed by atoms with Crippen LogP contribution in [-0.4, -0.2) is 35.7 Å². The van der Waals surface area contributed by atoms with Gasteiger partial charge in [-0.05, 0) is 44.4 Å². The first-order valence-electron chi connectivity index (χ1n) is 8.39. The molecule has 0 aromatic heterocycles. The third-order valence-electron chi connectivity index (χ3n) is 4.23. The van der Waals surface area contributed by atoms with Crippen LogP contribution in [0.5, 0.6) is 5.75 Å². The molecule has 1 aliphatic heterocycles. The van der Waals surface area contributed by atoms with E-state index in [1.54, 1.807) is 6.08 Å². The minimum absolute atomic E-state index is 0.151. The number of nitrogens with zero attached hydrogens (tertiary/aromatic N) is 1. The van der Waals surface area contributed by atoms with Gasteiger partial charge in [0.25, 0.3) is 0 Å². The van der Waals surface area contributed by atoms with Gasteiger partial charge in [-0.3, -0.25) is 10.1 Å². The van der Waals surface area contributed by atoms with Gasteiger partial charge < -0.3 is 9.64 Å². The van der Waals surface area contributed by atoms with Crippen LogP contribution in [0.4, 0.5) is 0 Å². The summed E-state index contributed by atoms with van der Waals surface area (Å²) in [7, 11) is 0. The Balaban J connectivity index is 2.00. The number of carbonyl (C=O) groups excluding carboxylic acids is 1. The summed E-state index contributed by atoms with van der Waals surface area (Å²) in [5.41, 5.74) is 0.860. The molecule has 1 aromatic rings. The first-order valence-corrected chi connectivity index (χ1v) is 8.39. The zero-order chi connectivity index (χ0) is 16.9. The van der Waals surface area contributed by atoms with E-state index in [0.717, 1.165) is 30.7 Å². The normalized spacial score (nSPS) is 19.9. The first kappa shape index (κ1) is 17.5. The Kier molecular flexibility index (Phi) is 5.83. The number of nitrogens with one attached hydrogen (secondary N) is 1. The molecule has 0 saturated carbocycles. The molecule has 23 heavy (non-hydrogen) atoms. The molecule has 0 aliphatic carbocycles. The van der Waals surface area contributed by atoms with Crippen molar-refractivity contribution >= 4 is 5.91 Å². The van der Waals surface area contributed by atoms with Gasteiger partial charge in [0.2, 0.25) is 5.91 Å². The van der Waals surface area contributed by atoms with Gasteiger partial charge >= 0.3 is 0 Å². The largest absolute Gasteiger partial charge is 0.490 e. The molecule has 0 unspecified atom stereocenters. The molecule has 1 saturated heterocycles. The summed E-state index contributed by atoms with van der Waals surface area (Å²) in [6.07, 6.45) is 4.56. The number of benzene rings is 1. The molecule has 0 bridgehead atoms. The fourth-order valence-corrected chi connectivity index (χ4v) is 2.99. The summed E-state index contributed by atoms with van der Waals surface area (Å²) in [5.74, 6) is 1.03. The van der Waals surface area contributed by atoms with E-state index in [2.05, 4.69) is 32.7 Å². The van der Waals surface area contributed by atoms with Crippen LogP contribution in [0.1, 0.15) is 39.2 Å². The van der Waals surface area contributed by atoms with Crippen molar-refractivity contribution in [3.05, 3.63) is 42.5 Å². The van der Waals surface area contributed by atoms with Gasteiger partial charge in [0.1, 0.15) is 12.4 Å². The van der Waals surface area contributed by atoms with E-state index in [4.69, 9.17) is 4.74 Å². The molecule has 2 rings (SSSR count). The zero-order valence-electron chi connectivity index (χ0n) is 14.5. The highest BCUT2D eigenvalue weighted by Gasteiger charge is 2.43. The van der Waals surface area contributed by atoms with Gasteiger partial charge in [0, 0.05) is 6.54 Å². The van der Waals surface area contributed by atoms with Crippen molar-refractivity contribution < 1.29 is 9.53 Å². The molecule has 0 spiro atoms. The summed E-state index contributed by atoms with van der Waals surface area (Å²) >= 11 is 0. The predicted molar refractivity (Wildman–Crippen MR) is 93.5 cm³/mol. The summed E-state index contributed by atoms with van der Waals surface area (Å²) in [5, 5.41) is 3.47. The number of hydrogen-bond acceptors (Lipinski definition) is 3. The number of rotatable bonds is 8. The van der Waals surface area contributed by atoms with E-state index >= 15 is 0 Å². The standard InChI is InChI=1S/C19H28N2O2/c1-5-7-12-21-18(22)17(20-19(21,3)4)14-15-8-10-16(11-9-15)23-13-6-2/h6,8-11,17,20H,2,5,7,12-14H2,1,3-4H3/t17-/m0/s1. The summed E-state index contributed by atoms with van der Waals surface area (Å²) in [6.45, 7) is 11.3. The molecule has 1 fully saturated rings. The summed E-state index contributed by atoms with van der Waals surface area (Å²) in [4.78, 5) is 14.6. The van der Waals surface area contributed by atoms with Crippen molar-refractivity contribution in [2.45, 2.75) is 51.7 Å². The van der Waals surface area contributed by atoms with Crippen molar-refractivity contribution in [3.8, 4) is 5.75 Å². The van der Waals surface area contributed by atoms with Crippen LogP contribution in [0, 0.1) is 0 Å². The van der Waals surface area contributed by atoms with E-state index < -0.39 is 0 Å². The van der Waals surface area contributed by atoms with Crippen LogP contribution in [-0.2, 0) is 11.2 Å². The average molecular weight is 316 g/mol. The van der Waals surface area contributed by atoms with Crippen molar-refractivity contribution in [1.29, 1.82) is 0 Å². The highest BCUT2D eigenvalue weighted by molar-refractivity contribution is 5.85. The maximum atomic E-state index is 12.7. The van der Waals surface area contributed by atoms with Gasteiger partial charge in [0.15, 0.2) is 0 Å². The van der Waals surface area contributed by atoms with Gasteiger partial charge in [0.05, 0.1) is 11.7 Å². The average Bonchev–Trinajstić information content (AvgIpc) is 2.74. The number of carbonyl (C=O) groups is 1. The number of ether oxygens (including phenoxy) is 1. The minimum atomic E-state index is -0.274. The highest BCUT2D eigenvalue weighted by Crippen LogP contribution is 2.24. The van der Waals surface area contributed by atoms with Gasteiger partial charge in [-0.15, -0.1) is 0 Å². The quantitative estimate of drug-likeness (QED) is 0.749. The maximum absolute atomic E-state index is 12.7. The number of unbranched alkanes of at least 4 members (excludes halogenated alkanes) is 1. The minimum Gasteiger partial charge on any atom is -0.490 e. The first-order chi connectivity index (χ1) is 11.0.